The summed E-state index contributed by atoms with van der Waals surface area (Å²) in [7, 11) is 3.73. The molecule has 1 aromatic heterocycles. The molecule has 0 unspecified atom stereocenters. The predicted octanol–water partition coefficient (Wildman–Crippen LogP) is 4.27. The number of fused-ring (bicyclic) bond motifs is 1. The van der Waals surface area contributed by atoms with Gasteiger partial charge in [-0.3, -0.25) is 9.59 Å². The van der Waals surface area contributed by atoms with Crippen LogP contribution in [0.4, 0.5) is 21.6 Å². The van der Waals surface area contributed by atoms with Crippen LogP contribution in [0.25, 0.3) is 0 Å². The van der Waals surface area contributed by atoms with Crippen molar-refractivity contribution in [3.63, 3.8) is 0 Å². The van der Waals surface area contributed by atoms with E-state index in [9.17, 15) is 14.0 Å². The van der Waals surface area contributed by atoms with Gasteiger partial charge in [0.15, 0.2) is 0 Å². The molecule has 0 saturated carbocycles. The first-order valence-electron chi connectivity index (χ1n) is 11.5. The highest BCUT2D eigenvalue weighted by atomic mass is 19.1. The molecule has 2 N–H and O–H groups in total. The predicted molar refractivity (Wildman–Crippen MR) is 136 cm³/mol. The van der Waals surface area contributed by atoms with Crippen molar-refractivity contribution in [2.75, 3.05) is 42.7 Å². The fourth-order valence-electron chi connectivity index (χ4n) is 4.26. The molecule has 2 aromatic carbocycles. The largest absolute Gasteiger partial charge is 0.365 e. The first-order valence-corrected chi connectivity index (χ1v) is 11.5. The van der Waals surface area contributed by atoms with E-state index >= 15 is 0 Å². The van der Waals surface area contributed by atoms with Crippen LogP contribution in [-0.2, 0) is 16.8 Å². The van der Waals surface area contributed by atoms with Crippen LogP contribution < -0.4 is 15.5 Å². The normalized spacial score (nSPS) is 14.1. The van der Waals surface area contributed by atoms with Crippen molar-refractivity contribution in [2.45, 2.75) is 25.8 Å². The molecule has 0 aliphatic carbocycles. The summed E-state index contributed by atoms with van der Waals surface area (Å²) in [6.07, 6.45) is 1.61. The Morgan fingerprint density at radius 3 is 2.57 bits per heavy atom. The Morgan fingerprint density at radius 1 is 1.11 bits per heavy atom. The number of aromatic nitrogens is 1. The average molecular weight is 476 g/mol. The fraction of sp³-hybridized carbons (Fsp3) is 0.296. The van der Waals surface area contributed by atoms with Gasteiger partial charge in [-0.05, 0) is 61.6 Å². The molecular weight excluding hydrogens is 445 g/mol. The third-order valence-electron chi connectivity index (χ3n) is 6.01. The van der Waals surface area contributed by atoms with Crippen molar-refractivity contribution in [3.05, 3.63) is 83.3 Å². The number of hydrogen-bond donors (Lipinski definition) is 2. The van der Waals surface area contributed by atoms with Crippen molar-refractivity contribution in [3.8, 4) is 0 Å². The van der Waals surface area contributed by atoms with Gasteiger partial charge in [0.05, 0.1) is 12.1 Å². The second kappa shape index (κ2) is 9.84. The van der Waals surface area contributed by atoms with Crippen LogP contribution in [0.1, 0.15) is 35.3 Å². The van der Waals surface area contributed by atoms with Gasteiger partial charge in [0.1, 0.15) is 11.6 Å². The van der Waals surface area contributed by atoms with Gasteiger partial charge in [-0.2, -0.15) is 0 Å². The maximum Gasteiger partial charge on any atom is 0.259 e. The molecule has 2 heterocycles. The first-order chi connectivity index (χ1) is 16.6. The lowest BCUT2D eigenvalue weighted by Gasteiger charge is -2.22. The number of anilines is 3. The zero-order chi connectivity index (χ0) is 25.2. The zero-order valence-electron chi connectivity index (χ0n) is 20.4. The molecule has 3 aromatic rings. The third-order valence-corrected chi connectivity index (χ3v) is 6.01. The molecule has 2 amide bonds. The summed E-state index contributed by atoms with van der Waals surface area (Å²) >= 11 is 0. The maximum atomic E-state index is 13.2. The summed E-state index contributed by atoms with van der Waals surface area (Å²) in [6, 6.07) is 15.2. The zero-order valence-corrected chi connectivity index (χ0v) is 20.4. The number of nitrogens with zero attached hydrogens (tertiary/aromatic N) is 3. The van der Waals surface area contributed by atoms with Crippen molar-refractivity contribution < 1.29 is 14.0 Å². The highest BCUT2D eigenvalue weighted by Gasteiger charge is 2.38. The lowest BCUT2D eigenvalue weighted by Crippen LogP contribution is -2.39. The number of likely N-dealkylation sites (N-methyl/N-ethyl adjacent to an activating group) is 1. The first kappa shape index (κ1) is 24.3. The number of pyridine rings is 1. The molecule has 1 aliphatic heterocycles. The topological polar surface area (TPSA) is 77.6 Å². The van der Waals surface area contributed by atoms with Crippen LogP contribution in [0, 0.1) is 5.82 Å². The molecule has 0 saturated heterocycles. The number of rotatable bonds is 7. The molecule has 182 valence electrons. The molecule has 1 aliphatic rings. The monoisotopic (exact) mass is 475 g/mol. The van der Waals surface area contributed by atoms with E-state index in [0.29, 0.717) is 36.7 Å². The molecule has 35 heavy (non-hydrogen) atoms. The molecule has 0 radical (unpaired) electrons. The van der Waals surface area contributed by atoms with E-state index < -0.39 is 0 Å². The summed E-state index contributed by atoms with van der Waals surface area (Å²) in [5.41, 5.74) is 3.57. The summed E-state index contributed by atoms with van der Waals surface area (Å²) < 4.78 is 13.2. The number of benzene rings is 2. The smallest absolute Gasteiger partial charge is 0.259 e. The Hall–Kier alpha value is -3.78. The quantitative estimate of drug-likeness (QED) is 0.534. The lowest BCUT2D eigenvalue weighted by atomic mass is 9.87. The average Bonchev–Trinajstić information content (AvgIpc) is 3.08. The molecule has 0 atom stereocenters. The number of amides is 2. The van der Waals surface area contributed by atoms with E-state index in [-0.39, 0.29) is 23.0 Å². The van der Waals surface area contributed by atoms with Crippen LogP contribution in [0.3, 0.4) is 0 Å². The maximum absolute atomic E-state index is 13.2. The molecule has 0 fully saturated rings. The number of hydrogen-bond acceptors (Lipinski definition) is 5. The van der Waals surface area contributed by atoms with E-state index in [4.69, 9.17) is 0 Å². The van der Waals surface area contributed by atoms with E-state index in [1.807, 2.05) is 37.2 Å². The van der Waals surface area contributed by atoms with Crippen LogP contribution in [0.2, 0.25) is 0 Å². The third kappa shape index (κ3) is 5.49. The number of carbonyl (C=O) groups excluding carboxylic acids is 2. The van der Waals surface area contributed by atoms with Gasteiger partial charge < -0.3 is 20.4 Å². The molecular formula is C27H30FN5O2. The Morgan fingerprint density at radius 2 is 1.86 bits per heavy atom. The second-order valence-corrected chi connectivity index (χ2v) is 9.67. The summed E-state index contributed by atoms with van der Waals surface area (Å²) in [6.45, 7) is 5.52. The summed E-state index contributed by atoms with van der Waals surface area (Å²) in [5.74, 6) is -0.168. The summed E-state index contributed by atoms with van der Waals surface area (Å²) in [5, 5.41) is 6.10. The molecule has 8 heteroatoms. The van der Waals surface area contributed by atoms with Crippen molar-refractivity contribution >= 4 is 29.0 Å². The van der Waals surface area contributed by atoms with E-state index in [0.717, 1.165) is 16.8 Å². The Kier molecular flexibility index (Phi) is 6.84. The van der Waals surface area contributed by atoms with Gasteiger partial charge in [0.25, 0.3) is 5.91 Å². The van der Waals surface area contributed by atoms with Gasteiger partial charge in [-0.15, -0.1) is 0 Å². The molecule has 7 nitrogen and oxygen atoms in total. The lowest BCUT2D eigenvalue weighted by molar-refractivity contribution is -0.119. The Labute approximate surface area is 205 Å². The van der Waals surface area contributed by atoms with E-state index in [1.165, 1.54) is 12.1 Å². The van der Waals surface area contributed by atoms with Crippen molar-refractivity contribution in [1.82, 2.24) is 9.88 Å². The van der Waals surface area contributed by atoms with Gasteiger partial charge in [-0.25, -0.2) is 9.37 Å². The highest BCUT2D eigenvalue weighted by molar-refractivity contribution is 6.08. The van der Waals surface area contributed by atoms with E-state index in [2.05, 4.69) is 29.5 Å². The van der Waals surface area contributed by atoms with E-state index in [1.54, 1.807) is 35.4 Å². The minimum atomic E-state index is -0.317. The standard InChI is InChI=1S/C27H30FN5O2/c1-27(2)17-33(24(34)16-32(3)4)23-14-20(11-12-22(23)27)31-26(35)21-6-5-13-29-25(21)30-15-18-7-9-19(28)10-8-18/h5-14H,15-17H2,1-4H3,(H,29,30)(H,31,35). The number of halogens is 1. The second-order valence-electron chi connectivity index (χ2n) is 9.67. The number of nitrogens with one attached hydrogen (secondary N) is 2. The van der Waals surface area contributed by atoms with Crippen molar-refractivity contribution in [2.24, 2.45) is 0 Å². The SMILES string of the molecule is CN(C)CC(=O)N1CC(C)(C)c2ccc(NC(=O)c3cccnc3NCc3ccc(F)cc3)cc21. The minimum Gasteiger partial charge on any atom is -0.365 e. The van der Waals surface area contributed by atoms with Crippen molar-refractivity contribution in [1.29, 1.82) is 0 Å². The Bertz CT molecular complexity index is 1240. The molecule has 0 spiro atoms. The van der Waals surface area contributed by atoms with Gasteiger partial charge in [0, 0.05) is 36.1 Å². The van der Waals surface area contributed by atoms with Gasteiger partial charge in [0.2, 0.25) is 5.91 Å². The van der Waals surface area contributed by atoms with Crippen LogP contribution in [0.15, 0.2) is 60.8 Å². The number of carbonyl (C=O) groups is 2. The van der Waals surface area contributed by atoms with Crippen LogP contribution in [-0.4, -0.2) is 48.9 Å². The molecule has 4 rings (SSSR count). The van der Waals surface area contributed by atoms with Crippen LogP contribution >= 0.6 is 0 Å². The highest BCUT2D eigenvalue weighted by Crippen LogP contribution is 2.42. The van der Waals surface area contributed by atoms with Gasteiger partial charge >= 0.3 is 0 Å². The van der Waals surface area contributed by atoms with Gasteiger partial charge in [-0.1, -0.05) is 32.0 Å². The minimum absolute atomic E-state index is 0.0184. The molecule has 0 bridgehead atoms. The van der Waals surface area contributed by atoms with Crippen LogP contribution in [0.5, 0.6) is 0 Å². The summed E-state index contributed by atoms with van der Waals surface area (Å²) in [4.78, 5) is 34.0. The fourth-order valence-corrected chi connectivity index (χ4v) is 4.26. The Balaban J connectivity index is 1.53.